The standard InChI is InChI=1S/C18H19N3OS/c1-20(14-8-4-3-5-9-14)18(22)12-21-16-11-7-6-10-15(16)19-17(21)13-23-2/h3-11H,12-13H2,1-2H3. The number of imidazole rings is 1. The SMILES string of the molecule is CSCc1nc2ccccc2n1CC(=O)N(C)c1ccccc1. The summed E-state index contributed by atoms with van der Waals surface area (Å²) in [5.74, 6) is 1.77. The number of benzene rings is 2. The molecule has 0 aliphatic heterocycles. The molecule has 0 saturated heterocycles. The monoisotopic (exact) mass is 325 g/mol. The first kappa shape index (κ1) is 15.6. The molecule has 1 aromatic heterocycles. The van der Waals surface area contributed by atoms with Crippen molar-refractivity contribution < 1.29 is 4.79 Å². The van der Waals surface area contributed by atoms with Gasteiger partial charge in [0.05, 0.1) is 16.8 Å². The van der Waals surface area contributed by atoms with Crippen molar-refractivity contribution in [1.82, 2.24) is 9.55 Å². The Kier molecular flexibility index (Phi) is 4.67. The van der Waals surface area contributed by atoms with Crippen LogP contribution in [0.5, 0.6) is 0 Å². The first-order valence-corrected chi connectivity index (χ1v) is 8.85. The summed E-state index contributed by atoms with van der Waals surface area (Å²) in [5, 5.41) is 0. The predicted octanol–water partition coefficient (Wildman–Crippen LogP) is 3.56. The van der Waals surface area contributed by atoms with E-state index in [1.807, 2.05) is 72.5 Å². The minimum atomic E-state index is 0.0432. The lowest BCUT2D eigenvalue weighted by atomic mass is 10.3. The second-order valence-corrected chi connectivity index (χ2v) is 6.19. The molecule has 1 heterocycles. The van der Waals surface area contributed by atoms with Crippen LogP contribution in [0.1, 0.15) is 5.82 Å². The lowest BCUT2D eigenvalue weighted by molar-refractivity contribution is -0.118. The molecule has 1 amide bonds. The molecule has 0 fully saturated rings. The van der Waals surface area contributed by atoms with Crippen LogP contribution in [0, 0.1) is 0 Å². The van der Waals surface area contributed by atoms with Crippen LogP contribution in [0.3, 0.4) is 0 Å². The Labute approximate surface area is 140 Å². The van der Waals surface area contributed by atoms with Gasteiger partial charge < -0.3 is 9.47 Å². The van der Waals surface area contributed by atoms with Crippen molar-refractivity contribution in [1.29, 1.82) is 0 Å². The number of para-hydroxylation sites is 3. The van der Waals surface area contributed by atoms with E-state index in [1.165, 1.54) is 0 Å². The molecule has 0 saturated carbocycles. The van der Waals surface area contributed by atoms with E-state index in [0.29, 0.717) is 6.54 Å². The third-order valence-corrected chi connectivity index (χ3v) is 4.36. The average Bonchev–Trinajstić information content (AvgIpc) is 2.93. The fourth-order valence-electron chi connectivity index (χ4n) is 2.58. The minimum absolute atomic E-state index is 0.0432. The van der Waals surface area contributed by atoms with Crippen molar-refractivity contribution in [3.63, 3.8) is 0 Å². The van der Waals surface area contributed by atoms with Crippen molar-refractivity contribution in [2.45, 2.75) is 12.3 Å². The molecule has 0 N–H and O–H groups in total. The number of thioether (sulfide) groups is 1. The van der Waals surface area contributed by atoms with E-state index in [0.717, 1.165) is 28.3 Å². The maximum absolute atomic E-state index is 12.7. The van der Waals surface area contributed by atoms with Crippen LogP contribution in [0.2, 0.25) is 0 Å². The smallest absolute Gasteiger partial charge is 0.246 e. The fraction of sp³-hybridized carbons (Fsp3) is 0.222. The molecule has 0 unspecified atom stereocenters. The summed E-state index contributed by atoms with van der Waals surface area (Å²) < 4.78 is 2.02. The second kappa shape index (κ2) is 6.87. The highest BCUT2D eigenvalue weighted by molar-refractivity contribution is 7.97. The van der Waals surface area contributed by atoms with Crippen molar-refractivity contribution in [3.8, 4) is 0 Å². The molecule has 0 aliphatic carbocycles. The van der Waals surface area contributed by atoms with E-state index < -0.39 is 0 Å². The van der Waals surface area contributed by atoms with Gasteiger partial charge in [0.1, 0.15) is 12.4 Å². The van der Waals surface area contributed by atoms with Crippen LogP contribution in [0.15, 0.2) is 54.6 Å². The molecule has 4 nitrogen and oxygen atoms in total. The Morgan fingerprint density at radius 1 is 1.13 bits per heavy atom. The number of carbonyl (C=O) groups is 1. The average molecular weight is 325 g/mol. The number of rotatable bonds is 5. The van der Waals surface area contributed by atoms with E-state index >= 15 is 0 Å². The first-order valence-electron chi connectivity index (χ1n) is 7.45. The summed E-state index contributed by atoms with van der Waals surface area (Å²) >= 11 is 1.71. The highest BCUT2D eigenvalue weighted by Gasteiger charge is 2.16. The summed E-state index contributed by atoms with van der Waals surface area (Å²) in [7, 11) is 1.81. The highest BCUT2D eigenvalue weighted by Crippen LogP contribution is 2.20. The topological polar surface area (TPSA) is 38.1 Å². The summed E-state index contributed by atoms with van der Waals surface area (Å²) in [5.41, 5.74) is 2.84. The summed E-state index contributed by atoms with van der Waals surface area (Å²) in [6, 6.07) is 17.6. The molecular formula is C18H19N3OS. The molecular weight excluding hydrogens is 306 g/mol. The van der Waals surface area contributed by atoms with Gasteiger partial charge >= 0.3 is 0 Å². The van der Waals surface area contributed by atoms with Crippen molar-refractivity contribution in [2.75, 3.05) is 18.2 Å². The summed E-state index contributed by atoms with van der Waals surface area (Å²) in [4.78, 5) is 19.0. The third kappa shape index (κ3) is 3.24. The molecule has 0 atom stereocenters. The summed E-state index contributed by atoms with van der Waals surface area (Å²) in [6.45, 7) is 0.293. The first-order chi connectivity index (χ1) is 11.2. The molecule has 0 bridgehead atoms. The van der Waals surface area contributed by atoms with E-state index in [9.17, 15) is 4.79 Å². The van der Waals surface area contributed by atoms with Crippen molar-refractivity contribution in [3.05, 3.63) is 60.4 Å². The van der Waals surface area contributed by atoms with Crippen LogP contribution in [-0.2, 0) is 17.1 Å². The molecule has 23 heavy (non-hydrogen) atoms. The molecule has 0 spiro atoms. The van der Waals surface area contributed by atoms with E-state index in [4.69, 9.17) is 0 Å². The number of amides is 1. The zero-order valence-corrected chi connectivity index (χ0v) is 14.1. The van der Waals surface area contributed by atoms with Crippen LogP contribution in [-0.4, -0.2) is 28.8 Å². The van der Waals surface area contributed by atoms with Gasteiger partial charge in [-0.2, -0.15) is 11.8 Å². The minimum Gasteiger partial charge on any atom is -0.318 e. The molecule has 118 valence electrons. The van der Waals surface area contributed by atoms with Gasteiger partial charge in [-0.05, 0) is 30.5 Å². The second-order valence-electron chi connectivity index (χ2n) is 5.32. The van der Waals surface area contributed by atoms with Crippen molar-refractivity contribution in [2.24, 2.45) is 0 Å². The van der Waals surface area contributed by atoms with Gasteiger partial charge in [-0.3, -0.25) is 4.79 Å². The van der Waals surface area contributed by atoms with Gasteiger partial charge in [0.15, 0.2) is 0 Å². The molecule has 3 aromatic rings. The predicted molar refractivity (Wildman–Crippen MR) is 96.8 cm³/mol. The van der Waals surface area contributed by atoms with Crippen LogP contribution in [0.25, 0.3) is 11.0 Å². The van der Waals surface area contributed by atoms with Gasteiger partial charge in [0.2, 0.25) is 5.91 Å². The zero-order valence-electron chi connectivity index (χ0n) is 13.3. The molecule has 2 aromatic carbocycles. The van der Waals surface area contributed by atoms with Crippen molar-refractivity contribution >= 4 is 34.4 Å². The quantitative estimate of drug-likeness (QED) is 0.720. The normalized spacial score (nSPS) is 10.9. The van der Waals surface area contributed by atoms with E-state index in [-0.39, 0.29) is 5.91 Å². The summed E-state index contributed by atoms with van der Waals surface area (Å²) in [6.07, 6.45) is 2.04. The van der Waals surface area contributed by atoms with Gasteiger partial charge in [0, 0.05) is 12.7 Å². The zero-order chi connectivity index (χ0) is 16.2. The number of hydrogen-bond donors (Lipinski definition) is 0. The number of anilines is 1. The van der Waals surface area contributed by atoms with E-state index in [1.54, 1.807) is 16.7 Å². The van der Waals surface area contributed by atoms with Crippen LogP contribution < -0.4 is 4.90 Å². The largest absolute Gasteiger partial charge is 0.318 e. The Hall–Kier alpha value is -2.27. The highest BCUT2D eigenvalue weighted by atomic mass is 32.2. The molecule has 3 rings (SSSR count). The Morgan fingerprint density at radius 3 is 2.57 bits per heavy atom. The maximum atomic E-state index is 12.7. The van der Waals surface area contributed by atoms with Crippen LogP contribution in [0.4, 0.5) is 5.69 Å². The number of aromatic nitrogens is 2. The number of likely N-dealkylation sites (N-methyl/N-ethyl adjacent to an activating group) is 1. The number of fused-ring (bicyclic) bond motifs is 1. The molecule has 0 aliphatic rings. The Morgan fingerprint density at radius 2 is 1.83 bits per heavy atom. The number of hydrogen-bond acceptors (Lipinski definition) is 3. The van der Waals surface area contributed by atoms with Gasteiger partial charge in [-0.15, -0.1) is 0 Å². The lowest BCUT2D eigenvalue weighted by Gasteiger charge is -2.18. The van der Waals surface area contributed by atoms with Gasteiger partial charge in [0.25, 0.3) is 0 Å². The van der Waals surface area contributed by atoms with Crippen LogP contribution >= 0.6 is 11.8 Å². The Balaban J connectivity index is 1.91. The molecule has 0 radical (unpaired) electrons. The molecule has 5 heteroatoms. The van der Waals surface area contributed by atoms with Gasteiger partial charge in [-0.25, -0.2) is 4.98 Å². The maximum Gasteiger partial charge on any atom is 0.246 e. The number of nitrogens with zero attached hydrogens (tertiary/aromatic N) is 3. The third-order valence-electron chi connectivity index (χ3n) is 3.82. The lowest BCUT2D eigenvalue weighted by Crippen LogP contribution is -2.30. The van der Waals surface area contributed by atoms with E-state index in [2.05, 4.69) is 4.98 Å². The fourth-order valence-corrected chi connectivity index (χ4v) is 3.06. The van der Waals surface area contributed by atoms with Gasteiger partial charge in [-0.1, -0.05) is 30.3 Å². The Bertz CT molecular complexity index is 814. The number of carbonyl (C=O) groups excluding carboxylic acids is 1.